The van der Waals surface area contributed by atoms with E-state index in [9.17, 15) is 9.59 Å². The lowest BCUT2D eigenvalue weighted by atomic mass is 10.1. The van der Waals surface area contributed by atoms with Gasteiger partial charge in [0.15, 0.2) is 0 Å². The van der Waals surface area contributed by atoms with Crippen LogP contribution in [0, 0.1) is 0 Å². The molecular weight excluding hydrogens is 240 g/mol. The van der Waals surface area contributed by atoms with Crippen LogP contribution in [-0.4, -0.2) is 25.4 Å². The Morgan fingerprint density at radius 2 is 1.94 bits per heavy atom. The molecule has 1 aromatic rings. The average Bonchev–Trinajstić information content (AvgIpc) is 2.32. The maximum atomic E-state index is 11.5. The van der Waals surface area contributed by atoms with Crippen molar-refractivity contribution in [1.29, 1.82) is 0 Å². The number of benzene rings is 1. The van der Waals surface area contributed by atoms with Crippen LogP contribution in [0.25, 0.3) is 0 Å². The molecular formula is C12H15ClN2O2. The highest BCUT2D eigenvalue weighted by atomic mass is 35.5. The van der Waals surface area contributed by atoms with Crippen molar-refractivity contribution in [3.05, 3.63) is 34.9 Å². The lowest BCUT2D eigenvalue weighted by Gasteiger charge is -2.05. The van der Waals surface area contributed by atoms with Crippen molar-refractivity contribution in [3.63, 3.8) is 0 Å². The van der Waals surface area contributed by atoms with Gasteiger partial charge >= 0.3 is 0 Å². The Morgan fingerprint density at radius 1 is 1.24 bits per heavy atom. The van der Waals surface area contributed by atoms with Gasteiger partial charge in [0.25, 0.3) is 0 Å². The first kappa shape index (κ1) is 13.5. The first-order valence-electron chi connectivity index (χ1n) is 5.40. The molecule has 0 atom stereocenters. The molecule has 5 heteroatoms. The van der Waals surface area contributed by atoms with Crippen LogP contribution in [-0.2, 0) is 16.0 Å². The lowest BCUT2D eigenvalue weighted by Crippen LogP contribution is -2.28. The predicted molar refractivity (Wildman–Crippen MR) is 66.8 cm³/mol. The molecule has 0 aliphatic carbocycles. The summed E-state index contributed by atoms with van der Waals surface area (Å²) in [6.45, 7) is 1.14. The number of halogens is 1. The van der Waals surface area contributed by atoms with E-state index in [0.29, 0.717) is 30.9 Å². The summed E-state index contributed by atoms with van der Waals surface area (Å²) in [5, 5.41) is 5.97. The first-order chi connectivity index (χ1) is 8.22. The highest BCUT2D eigenvalue weighted by molar-refractivity contribution is 6.30. The number of carbonyl (C=O) groups is 2. The summed E-state index contributed by atoms with van der Waals surface area (Å²) in [5.74, 6) is -0.0292. The van der Waals surface area contributed by atoms with E-state index in [2.05, 4.69) is 10.6 Å². The van der Waals surface area contributed by atoms with Crippen LogP contribution >= 0.6 is 11.6 Å². The number of hydrogen-bond acceptors (Lipinski definition) is 2. The van der Waals surface area contributed by atoms with Gasteiger partial charge in [-0.05, 0) is 24.1 Å². The average molecular weight is 255 g/mol. The minimum atomic E-state index is -0.0292. The summed E-state index contributed by atoms with van der Waals surface area (Å²) in [6, 6.07) is 7.18. The molecule has 0 aliphatic rings. The largest absolute Gasteiger partial charge is 0.359 e. The van der Waals surface area contributed by atoms with E-state index in [1.54, 1.807) is 12.1 Å². The predicted octanol–water partition coefficient (Wildman–Crippen LogP) is 1.13. The Labute approximate surface area is 105 Å². The third kappa shape index (κ3) is 5.92. The van der Waals surface area contributed by atoms with Crippen molar-refractivity contribution in [2.24, 2.45) is 0 Å². The van der Waals surface area contributed by atoms with Gasteiger partial charge in [-0.15, -0.1) is 0 Å². The van der Waals surface area contributed by atoms with Gasteiger partial charge in [-0.3, -0.25) is 9.59 Å². The van der Waals surface area contributed by atoms with E-state index in [4.69, 9.17) is 11.6 Å². The van der Waals surface area contributed by atoms with Crippen LogP contribution in [0.2, 0.25) is 5.02 Å². The van der Waals surface area contributed by atoms with Gasteiger partial charge in [-0.25, -0.2) is 0 Å². The summed E-state index contributed by atoms with van der Waals surface area (Å²) >= 11 is 5.74. The molecule has 2 N–H and O–H groups in total. The number of rotatable bonds is 7. The van der Waals surface area contributed by atoms with Gasteiger partial charge in [0.2, 0.25) is 12.3 Å². The monoisotopic (exact) mass is 254 g/mol. The smallest absolute Gasteiger partial charge is 0.224 e. The quantitative estimate of drug-likeness (QED) is 0.566. The van der Waals surface area contributed by atoms with E-state index in [1.807, 2.05) is 12.1 Å². The highest BCUT2D eigenvalue weighted by Crippen LogP contribution is 2.09. The number of carbonyl (C=O) groups excluding carboxylic acids is 2. The molecule has 0 radical (unpaired) electrons. The summed E-state index contributed by atoms with van der Waals surface area (Å²) in [7, 11) is 0. The number of nitrogens with one attached hydrogen (secondary N) is 2. The van der Waals surface area contributed by atoms with E-state index in [0.717, 1.165) is 12.0 Å². The van der Waals surface area contributed by atoms with Crippen molar-refractivity contribution < 1.29 is 9.59 Å². The molecule has 0 spiro atoms. The van der Waals surface area contributed by atoms with Crippen molar-refractivity contribution in [2.45, 2.75) is 12.8 Å². The second-order valence-corrected chi connectivity index (χ2v) is 4.02. The molecule has 1 aromatic carbocycles. The highest BCUT2D eigenvalue weighted by Gasteiger charge is 2.02. The Morgan fingerprint density at radius 3 is 2.59 bits per heavy atom. The zero-order valence-corrected chi connectivity index (χ0v) is 10.2. The molecule has 0 heterocycles. The van der Waals surface area contributed by atoms with Gasteiger partial charge < -0.3 is 10.6 Å². The molecule has 2 amide bonds. The Hall–Kier alpha value is -1.55. The zero-order chi connectivity index (χ0) is 12.5. The normalized spacial score (nSPS) is 9.71. The zero-order valence-electron chi connectivity index (χ0n) is 9.41. The molecule has 1 rings (SSSR count). The van der Waals surface area contributed by atoms with Gasteiger partial charge in [-0.1, -0.05) is 23.7 Å². The summed E-state index contributed by atoms with van der Waals surface area (Å²) in [4.78, 5) is 21.5. The van der Waals surface area contributed by atoms with Crippen LogP contribution < -0.4 is 10.6 Å². The first-order valence-corrected chi connectivity index (χ1v) is 5.78. The van der Waals surface area contributed by atoms with Crippen LogP contribution in [0.15, 0.2) is 24.3 Å². The number of amides is 2. The van der Waals surface area contributed by atoms with Gasteiger partial charge in [-0.2, -0.15) is 0 Å². The van der Waals surface area contributed by atoms with Gasteiger partial charge in [0, 0.05) is 18.1 Å². The molecule has 17 heavy (non-hydrogen) atoms. The van der Waals surface area contributed by atoms with Crippen LogP contribution in [0.4, 0.5) is 0 Å². The SMILES string of the molecule is O=CNCCCNC(=O)Cc1ccc(Cl)cc1. The molecule has 0 aliphatic heterocycles. The molecule has 0 saturated heterocycles. The van der Waals surface area contributed by atoms with Crippen LogP contribution in [0.3, 0.4) is 0 Å². The standard InChI is InChI=1S/C12H15ClN2O2/c13-11-4-2-10(3-5-11)8-12(17)15-7-1-6-14-9-16/h2-5,9H,1,6-8H2,(H,14,16)(H,15,17). The third-order valence-corrected chi connectivity index (χ3v) is 2.43. The number of hydrogen-bond donors (Lipinski definition) is 2. The molecule has 0 aromatic heterocycles. The maximum absolute atomic E-state index is 11.5. The topological polar surface area (TPSA) is 58.2 Å². The van der Waals surface area contributed by atoms with Crippen LogP contribution in [0.5, 0.6) is 0 Å². The van der Waals surface area contributed by atoms with Gasteiger partial charge in [0.05, 0.1) is 6.42 Å². The van der Waals surface area contributed by atoms with Gasteiger partial charge in [0.1, 0.15) is 0 Å². The Balaban J connectivity index is 2.20. The fourth-order valence-corrected chi connectivity index (χ4v) is 1.45. The summed E-state index contributed by atoms with van der Waals surface area (Å²) in [6.07, 6.45) is 1.72. The van der Waals surface area contributed by atoms with Crippen molar-refractivity contribution in [2.75, 3.05) is 13.1 Å². The minimum Gasteiger partial charge on any atom is -0.359 e. The Kier molecular flexibility index (Phi) is 6.10. The molecule has 4 nitrogen and oxygen atoms in total. The van der Waals surface area contributed by atoms with E-state index < -0.39 is 0 Å². The van der Waals surface area contributed by atoms with E-state index >= 15 is 0 Å². The third-order valence-electron chi connectivity index (χ3n) is 2.18. The molecule has 0 bridgehead atoms. The maximum Gasteiger partial charge on any atom is 0.224 e. The Bertz CT molecular complexity index is 365. The minimum absolute atomic E-state index is 0.0292. The fraction of sp³-hybridized carbons (Fsp3) is 0.333. The second-order valence-electron chi connectivity index (χ2n) is 3.58. The molecule has 0 saturated carbocycles. The van der Waals surface area contributed by atoms with Crippen LogP contribution in [0.1, 0.15) is 12.0 Å². The molecule has 0 unspecified atom stereocenters. The van der Waals surface area contributed by atoms with Crippen molar-refractivity contribution in [1.82, 2.24) is 10.6 Å². The van der Waals surface area contributed by atoms with Crippen molar-refractivity contribution >= 4 is 23.9 Å². The second kappa shape index (κ2) is 7.68. The van der Waals surface area contributed by atoms with Crippen molar-refractivity contribution in [3.8, 4) is 0 Å². The molecule has 92 valence electrons. The van der Waals surface area contributed by atoms with E-state index in [1.165, 1.54) is 0 Å². The summed E-state index contributed by atoms with van der Waals surface area (Å²) in [5.41, 5.74) is 0.929. The fourth-order valence-electron chi connectivity index (χ4n) is 1.33. The summed E-state index contributed by atoms with van der Waals surface area (Å²) < 4.78 is 0. The molecule has 0 fully saturated rings. The lowest BCUT2D eigenvalue weighted by molar-refractivity contribution is -0.120. The van der Waals surface area contributed by atoms with E-state index in [-0.39, 0.29) is 5.91 Å².